The summed E-state index contributed by atoms with van der Waals surface area (Å²) in [5.41, 5.74) is 2.31. The van der Waals surface area contributed by atoms with Gasteiger partial charge in [-0.1, -0.05) is 43.3 Å². The average molecular weight is 404 g/mol. The van der Waals surface area contributed by atoms with Crippen molar-refractivity contribution in [1.29, 1.82) is 0 Å². The first-order valence-electron chi connectivity index (χ1n) is 10.2. The van der Waals surface area contributed by atoms with Crippen molar-refractivity contribution in [2.45, 2.75) is 13.3 Å². The number of rotatable bonds is 8. The van der Waals surface area contributed by atoms with Gasteiger partial charge in [-0.3, -0.25) is 14.5 Å². The summed E-state index contributed by atoms with van der Waals surface area (Å²) in [7, 11) is 1.58. The molecule has 0 bridgehead atoms. The second-order valence-electron chi connectivity index (χ2n) is 7.50. The predicted molar refractivity (Wildman–Crippen MR) is 118 cm³/mol. The third kappa shape index (κ3) is 3.74. The number of hydrogen-bond donors (Lipinski definition) is 2. The molecular formula is C24H26N3O3+. The molecule has 154 valence electrons. The van der Waals surface area contributed by atoms with Gasteiger partial charge in [0.2, 0.25) is 0 Å². The Morgan fingerprint density at radius 3 is 2.60 bits per heavy atom. The minimum Gasteiger partial charge on any atom is -0.495 e. The van der Waals surface area contributed by atoms with E-state index in [2.05, 4.69) is 12.2 Å². The largest absolute Gasteiger partial charge is 0.495 e. The van der Waals surface area contributed by atoms with E-state index in [9.17, 15) is 9.59 Å². The summed E-state index contributed by atoms with van der Waals surface area (Å²) in [6.45, 7) is 3.58. The van der Waals surface area contributed by atoms with Gasteiger partial charge in [-0.25, -0.2) is 0 Å². The van der Waals surface area contributed by atoms with Crippen LogP contribution in [-0.2, 0) is 4.79 Å². The van der Waals surface area contributed by atoms with Gasteiger partial charge in [0.05, 0.1) is 30.6 Å². The predicted octanol–water partition coefficient (Wildman–Crippen LogP) is 2.70. The van der Waals surface area contributed by atoms with Crippen LogP contribution in [0.2, 0.25) is 0 Å². The molecule has 0 spiro atoms. The first-order chi connectivity index (χ1) is 14.6. The highest BCUT2D eigenvalue weighted by Gasteiger charge is 2.32. The van der Waals surface area contributed by atoms with Gasteiger partial charge >= 0.3 is 0 Å². The molecular weight excluding hydrogens is 378 g/mol. The fraction of sp³-hybridized carbons (Fsp3) is 0.250. The van der Waals surface area contributed by atoms with Gasteiger partial charge in [-0.2, -0.15) is 0 Å². The highest BCUT2D eigenvalue weighted by atomic mass is 16.5. The number of nitrogens with one attached hydrogen (secondary N) is 2. The SMILES string of the molecule is CCC[NH+](CC(=O)Nc1ccccc1OC)CN1C(=O)c2cccc3cccc1c23. The van der Waals surface area contributed by atoms with E-state index < -0.39 is 0 Å². The molecule has 1 aliphatic rings. The maximum atomic E-state index is 13.1. The molecule has 0 fully saturated rings. The number of carbonyl (C=O) groups excluding carboxylic acids is 2. The van der Waals surface area contributed by atoms with Gasteiger partial charge in [-0.15, -0.1) is 0 Å². The monoisotopic (exact) mass is 404 g/mol. The number of hydrogen-bond acceptors (Lipinski definition) is 3. The Balaban J connectivity index is 1.51. The van der Waals surface area contributed by atoms with E-state index in [4.69, 9.17) is 4.74 Å². The Hall–Kier alpha value is -3.38. The van der Waals surface area contributed by atoms with E-state index in [1.165, 1.54) is 0 Å². The molecule has 6 heteroatoms. The lowest BCUT2D eigenvalue weighted by Crippen LogP contribution is -3.14. The first kappa shape index (κ1) is 19.9. The molecule has 3 aromatic carbocycles. The number of quaternary nitrogens is 1. The number of para-hydroxylation sites is 2. The fourth-order valence-corrected chi connectivity index (χ4v) is 4.11. The van der Waals surface area contributed by atoms with E-state index in [0.29, 0.717) is 18.1 Å². The lowest BCUT2D eigenvalue weighted by atomic mass is 10.1. The van der Waals surface area contributed by atoms with Crippen molar-refractivity contribution >= 4 is 34.0 Å². The fourth-order valence-electron chi connectivity index (χ4n) is 4.11. The van der Waals surface area contributed by atoms with Crippen LogP contribution >= 0.6 is 0 Å². The lowest BCUT2D eigenvalue weighted by Gasteiger charge is -2.25. The summed E-state index contributed by atoms with van der Waals surface area (Å²) in [5, 5.41) is 5.00. The van der Waals surface area contributed by atoms with Gasteiger partial charge in [-0.05, 0) is 36.1 Å². The second-order valence-corrected chi connectivity index (χ2v) is 7.50. The molecule has 0 saturated heterocycles. The van der Waals surface area contributed by atoms with E-state index in [0.717, 1.165) is 39.9 Å². The molecule has 30 heavy (non-hydrogen) atoms. The summed E-state index contributed by atoms with van der Waals surface area (Å²) in [6, 6.07) is 19.1. The van der Waals surface area contributed by atoms with Crippen LogP contribution in [0.15, 0.2) is 60.7 Å². The Morgan fingerprint density at radius 2 is 1.83 bits per heavy atom. The minimum atomic E-state index is -0.106. The topological polar surface area (TPSA) is 63.1 Å². The molecule has 3 aromatic rings. The summed E-state index contributed by atoms with van der Waals surface area (Å²) >= 11 is 0. The Morgan fingerprint density at radius 1 is 1.07 bits per heavy atom. The summed E-state index contributed by atoms with van der Waals surface area (Å²) < 4.78 is 5.31. The van der Waals surface area contributed by atoms with Crippen LogP contribution in [-0.4, -0.2) is 38.7 Å². The Bertz CT molecular complexity index is 1090. The van der Waals surface area contributed by atoms with E-state index in [1.54, 1.807) is 12.0 Å². The van der Waals surface area contributed by atoms with Crippen molar-refractivity contribution in [3.8, 4) is 5.75 Å². The third-order valence-electron chi connectivity index (χ3n) is 5.43. The summed E-state index contributed by atoms with van der Waals surface area (Å²) in [6.07, 6.45) is 0.913. The molecule has 0 radical (unpaired) electrons. The number of methoxy groups -OCH3 is 1. The first-order valence-corrected chi connectivity index (χ1v) is 10.2. The zero-order chi connectivity index (χ0) is 21.1. The average Bonchev–Trinajstić information content (AvgIpc) is 3.02. The van der Waals surface area contributed by atoms with Gasteiger partial charge < -0.3 is 15.0 Å². The molecule has 0 aliphatic carbocycles. The molecule has 0 aromatic heterocycles. The van der Waals surface area contributed by atoms with Gasteiger partial charge in [0.1, 0.15) is 5.75 Å². The third-order valence-corrected chi connectivity index (χ3v) is 5.43. The molecule has 1 heterocycles. The number of carbonyl (C=O) groups is 2. The van der Waals surface area contributed by atoms with Crippen LogP contribution in [0, 0.1) is 0 Å². The zero-order valence-corrected chi connectivity index (χ0v) is 17.3. The highest BCUT2D eigenvalue weighted by Crippen LogP contribution is 2.36. The summed E-state index contributed by atoms with van der Waals surface area (Å²) in [5.74, 6) is 0.519. The Kier molecular flexibility index (Phi) is 5.68. The lowest BCUT2D eigenvalue weighted by molar-refractivity contribution is -0.890. The van der Waals surface area contributed by atoms with Crippen LogP contribution in [0.3, 0.4) is 0 Å². The van der Waals surface area contributed by atoms with E-state index in [1.807, 2.05) is 60.7 Å². The highest BCUT2D eigenvalue weighted by molar-refractivity contribution is 6.24. The zero-order valence-electron chi connectivity index (χ0n) is 17.3. The molecule has 0 saturated carbocycles. The van der Waals surface area contributed by atoms with Gasteiger partial charge in [0.15, 0.2) is 13.2 Å². The maximum Gasteiger partial charge on any atom is 0.279 e. The standard InChI is InChI=1S/C24H25N3O3/c1-3-14-26(15-22(28)25-19-11-4-5-13-21(19)30-2)16-27-20-12-7-9-17-8-6-10-18(23(17)20)24(27)29/h4-13H,3,14-16H2,1-2H3,(H,25,28)/p+1. The van der Waals surface area contributed by atoms with Crippen molar-refractivity contribution < 1.29 is 19.2 Å². The number of ether oxygens (including phenoxy) is 1. The smallest absolute Gasteiger partial charge is 0.279 e. The van der Waals surface area contributed by atoms with Gasteiger partial charge in [0.25, 0.3) is 11.8 Å². The van der Waals surface area contributed by atoms with Crippen molar-refractivity contribution in [2.24, 2.45) is 0 Å². The number of anilines is 2. The molecule has 1 atom stereocenters. The molecule has 2 amide bonds. The van der Waals surface area contributed by atoms with Crippen molar-refractivity contribution in [3.05, 3.63) is 66.2 Å². The molecule has 4 rings (SSSR count). The molecule has 1 unspecified atom stereocenters. The Labute approximate surface area is 176 Å². The number of benzene rings is 3. The molecule has 2 N–H and O–H groups in total. The van der Waals surface area contributed by atoms with Crippen molar-refractivity contribution in [1.82, 2.24) is 0 Å². The van der Waals surface area contributed by atoms with E-state index >= 15 is 0 Å². The van der Waals surface area contributed by atoms with Crippen molar-refractivity contribution in [3.63, 3.8) is 0 Å². The molecule has 6 nitrogen and oxygen atoms in total. The van der Waals surface area contributed by atoms with Crippen LogP contribution in [0.25, 0.3) is 10.8 Å². The van der Waals surface area contributed by atoms with Crippen molar-refractivity contribution in [2.75, 3.05) is 37.1 Å². The van der Waals surface area contributed by atoms with E-state index in [-0.39, 0.29) is 18.4 Å². The van der Waals surface area contributed by atoms with Crippen LogP contribution in [0.5, 0.6) is 5.75 Å². The minimum absolute atomic E-state index is 0.000500. The number of nitrogens with zero attached hydrogens (tertiary/aromatic N) is 1. The normalized spacial score (nSPS) is 13.5. The maximum absolute atomic E-state index is 13.1. The quantitative estimate of drug-likeness (QED) is 0.607. The van der Waals surface area contributed by atoms with Crippen LogP contribution in [0.4, 0.5) is 11.4 Å². The van der Waals surface area contributed by atoms with Gasteiger partial charge in [0, 0.05) is 5.39 Å². The van der Waals surface area contributed by atoms with Crippen LogP contribution < -0.4 is 19.9 Å². The molecule has 1 aliphatic heterocycles. The van der Waals surface area contributed by atoms with Crippen LogP contribution in [0.1, 0.15) is 23.7 Å². The number of amides is 2. The second kappa shape index (κ2) is 8.55. The summed E-state index contributed by atoms with van der Waals surface area (Å²) in [4.78, 5) is 28.6.